The Hall–Kier alpha value is -2.33. The number of aliphatic hydroxyl groups is 1. The van der Waals surface area contributed by atoms with Crippen LogP contribution < -0.4 is 10.1 Å². The summed E-state index contributed by atoms with van der Waals surface area (Å²) in [5.74, 6) is 0.422. The number of aryl methyl sites for hydroxylation is 1. The first-order valence-corrected chi connectivity index (χ1v) is 6.87. The number of rotatable bonds is 6. The van der Waals surface area contributed by atoms with Crippen molar-refractivity contribution in [2.24, 2.45) is 0 Å². The van der Waals surface area contributed by atoms with Gasteiger partial charge in [0.1, 0.15) is 5.75 Å². The van der Waals surface area contributed by atoms with E-state index in [1.807, 2.05) is 49.4 Å². The molecule has 0 spiro atoms. The summed E-state index contributed by atoms with van der Waals surface area (Å²) in [6.45, 7) is 1.96. The van der Waals surface area contributed by atoms with Crippen molar-refractivity contribution >= 4 is 11.6 Å². The molecule has 21 heavy (non-hydrogen) atoms. The Morgan fingerprint density at radius 3 is 2.76 bits per heavy atom. The summed E-state index contributed by atoms with van der Waals surface area (Å²) in [5, 5.41) is 11.8. The molecule has 0 saturated carbocycles. The second-order valence-corrected chi connectivity index (χ2v) is 4.79. The molecular formula is C17H19NO3. The quantitative estimate of drug-likeness (QED) is 0.857. The minimum absolute atomic E-state index is 0.0515. The Labute approximate surface area is 124 Å². The van der Waals surface area contributed by atoms with Gasteiger partial charge in [0.05, 0.1) is 0 Å². The van der Waals surface area contributed by atoms with Crippen molar-refractivity contribution in [1.29, 1.82) is 0 Å². The molecule has 110 valence electrons. The maximum atomic E-state index is 11.9. The summed E-state index contributed by atoms with van der Waals surface area (Å²) < 4.78 is 5.53. The van der Waals surface area contributed by atoms with Crippen LogP contribution in [0.15, 0.2) is 48.5 Å². The molecule has 2 N–H and O–H groups in total. The lowest BCUT2D eigenvalue weighted by Crippen LogP contribution is -2.20. The van der Waals surface area contributed by atoms with Gasteiger partial charge in [-0.3, -0.25) is 4.79 Å². The summed E-state index contributed by atoms with van der Waals surface area (Å²) in [6.07, 6.45) is 0.510. The molecule has 0 unspecified atom stereocenters. The van der Waals surface area contributed by atoms with Crippen molar-refractivity contribution in [3.63, 3.8) is 0 Å². The van der Waals surface area contributed by atoms with Crippen LogP contribution in [0.5, 0.6) is 5.75 Å². The van der Waals surface area contributed by atoms with Gasteiger partial charge in [0, 0.05) is 12.3 Å². The van der Waals surface area contributed by atoms with E-state index in [9.17, 15) is 4.79 Å². The highest BCUT2D eigenvalue weighted by Gasteiger charge is 2.07. The zero-order chi connectivity index (χ0) is 15.1. The third-order valence-corrected chi connectivity index (χ3v) is 3.01. The number of carbonyl (C=O) groups excluding carboxylic acids is 1. The molecule has 0 saturated heterocycles. The van der Waals surface area contributed by atoms with Crippen LogP contribution in [0, 0.1) is 6.92 Å². The van der Waals surface area contributed by atoms with Crippen LogP contribution >= 0.6 is 0 Å². The van der Waals surface area contributed by atoms with Crippen LogP contribution in [0.2, 0.25) is 0 Å². The third kappa shape index (κ3) is 4.61. The van der Waals surface area contributed by atoms with Crippen LogP contribution in [0.3, 0.4) is 0 Å². The van der Waals surface area contributed by atoms with E-state index in [1.54, 1.807) is 6.07 Å². The second-order valence-electron chi connectivity index (χ2n) is 4.79. The van der Waals surface area contributed by atoms with Crippen molar-refractivity contribution in [3.05, 3.63) is 59.7 Å². The lowest BCUT2D eigenvalue weighted by molar-refractivity contribution is -0.118. The summed E-state index contributed by atoms with van der Waals surface area (Å²) >= 11 is 0. The Morgan fingerprint density at radius 2 is 2.00 bits per heavy atom. The normalized spacial score (nSPS) is 10.2. The number of nitrogens with one attached hydrogen (secondary N) is 1. The first kappa shape index (κ1) is 15.1. The molecule has 0 aliphatic heterocycles. The average Bonchev–Trinajstić information content (AvgIpc) is 2.47. The fraction of sp³-hybridized carbons (Fsp3) is 0.235. The highest BCUT2D eigenvalue weighted by molar-refractivity contribution is 5.91. The highest BCUT2D eigenvalue weighted by Crippen LogP contribution is 2.18. The number of carbonyl (C=O) groups is 1. The van der Waals surface area contributed by atoms with Gasteiger partial charge in [-0.05, 0) is 42.7 Å². The first-order chi connectivity index (χ1) is 10.2. The number of hydrogen-bond donors (Lipinski definition) is 2. The Morgan fingerprint density at radius 1 is 1.19 bits per heavy atom. The lowest BCUT2D eigenvalue weighted by atomic mass is 10.1. The molecule has 1 amide bonds. The standard InChI is InChI=1S/C17H19NO3/c1-13-5-4-7-15(11-13)18-17(20)12-21-16-8-3-2-6-14(16)9-10-19/h2-8,11,19H,9-10,12H2,1H3,(H,18,20). The summed E-state index contributed by atoms with van der Waals surface area (Å²) in [7, 11) is 0. The zero-order valence-electron chi connectivity index (χ0n) is 12.0. The molecule has 4 heteroatoms. The van der Waals surface area contributed by atoms with Crippen LogP contribution in [0.25, 0.3) is 0 Å². The van der Waals surface area contributed by atoms with Gasteiger partial charge in [0.15, 0.2) is 6.61 Å². The molecule has 0 atom stereocenters. The smallest absolute Gasteiger partial charge is 0.262 e. The zero-order valence-corrected chi connectivity index (χ0v) is 12.0. The molecule has 0 aliphatic rings. The van der Waals surface area contributed by atoms with E-state index in [0.717, 1.165) is 16.8 Å². The molecule has 0 aromatic heterocycles. The van der Waals surface area contributed by atoms with Gasteiger partial charge < -0.3 is 15.2 Å². The van der Waals surface area contributed by atoms with E-state index in [0.29, 0.717) is 12.2 Å². The number of benzene rings is 2. The van der Waals surface area contributed by atoms with E-state index < -0.39 is 0 Å². The molecule has 0 aliphatic carbocycles. The van der Waals surface area contributed by atoms with Crippen LogP contribution in [0.4, 0.5) is 5.69 Å². The topological polar surface area (TPSA) is 58.6 Å². The van der Waals surface area contributed by atoms with Crippen molar-refractivity contribution in [2.75, 3.05) is 18.5 Å². The number of amides is 1. The number of aliphatic hydroxyl groups excluding tert-OH is 1. The van der Waals surface area contributed by atoms with E-state index in [1.165, 1.54) is 0 Å². The van der Waals surface area contributed by atoms with Crippen LogP contribution in [-0.2, 0) is 11.2 Å². The number of hydrogen-bond acceptors (Lipinski definition) is 3. The molecule has 2 aromatic carbocycles. The van der Waals surface area contributed by atoms with Gasteiger partial charge in [-0.2, -0.15) is 0 Å². The molecular weight excluding hydrogens is 266 g/mol. The molecule has 2 rings (SSSR count). The minimum atomic E-state index is -0.209. The van der Waals surface area contributed by atoms with E-state index in [-0.39, 0.29) is 19.1 Å². The number of anilines is 1. The van der Waals surface area contributed by atoms with Crippen LogP contribution in [0.1, 0.15) is 11.1 Å². The first-order valence-electron chi connectivity index (χ1n) is 6.87. The summed E-state index contributed by atoms with van der Waals surface area (Å²) in [4.78, 5) is 11.9. The predicted molar refractivity (Wildman–Crippen MR) is 82.5 cm³/mol. The van der Waals surface area contributed by atoms with E-state index in [2.05, 4.69) is 5.32 Å². The molecule has 0 fully saturated rings. The van der Waals surface area contributed by atoms with E-state index in [4.69, 9.17) is 9.84 Å². The molecule has 2 aromatic rings. The maximum absolute atomic E-state index is 11.9. The van der Waals surface area contributed by atoms with Gasteiger partial charge in [-0.15, -0.1) is 0 Å². The minimum Gasteiger partial charge on any atom is -0.483 e. The van der Waals surface area contributed by atoms with Crippen molar-refractivity contribution in [1.82, 2.24) is 0 Å². The van der Waals surface area contributed by atoms with Gasteiger partial charge >= 0.3 is 0 Å². The van der Waals surface area contributed by atoms with Crippen molar-refractivity contribution in [2.45, 2.75) is 13.3 Å². The summed E-state index contributed by atoms with van der Waals surface area (Å²) in [5.41, 5.74) is 2.73. The second kappa shape index (κ2) is 7.45. The van der Waals surface area contributed by atoms with E-state index >= 15 is 0 Å². The Kier molecular flexibility index (Phi) is 5.35. The molecule has 0 heterocycles. The van der Waals surface area contributed by atoms with Crippen molar-refractivity contribution in [3.8, 4) is 5.75 Å². The number of ether oxygens (including phenoxy) is 1. The number of para-hydroxylation sites is 1. The summed E-state index contributed by atoms with van der Waals surface area (Å²) in [6, 6.07) is 15.0. The molecule has 0 bridgehead atoms. The van der Waals surface area contributed by atoms with Gasteiger partial charge in [0.2, 0.25) is 0 Å². The van der Waals surface area contributed by atoms with Crippen molar-refractivity contribution < 1.29 is 14.6 Å². The predicted octanol–water partition coefficient (Wildman–Crippen LogP) is 2.55. The monoisotopic (exact) mass is 285 g/mol. The fourth-order valence-corrected chi connectivity index (χ4v) is 2.03. The fourth-order valence-electron chi connectivity index (χ4n) is 2.03. The Bertz CT molecular complexity index is 610. The maximum Gasteiger partial charge on any atom is 0.262 e. The largest absolute Gasteiger partial charge is 0.483 e. The molecule has 4 nitrogen and oxygen atoms in total. The highest BCUT2D eigenvalue weighted by atomic mass is 16.5. The lowest BCUT2D eigenvalue weighted by Gasteiger charge is -2.11. The van der Waals surface area contributed by atoms with Gasteiger partial charge in [-0.25, -0.2) is 0 Å². The average molecular weight is 285 g/mol. The Balaban J connectivity index is 1.92. The SMILES string of the molecule is Cc1cccc(NC(=O)COc2ccccc2CCO)c1. The van der Waals surface area contributed by atoms with Crippen LogP contribution in [-0.4, -0.2) is 24.2 Å². The van der Waals surface area contributed by atoms with Gasteiger partial charge in [0.25, 0.3) is 5.91 Å². The molecule has 0 radical (unpaired) electrons. The third-order valence-electron chi connectivity index (χ3n) is 3.01. The van der Waals surface area contributed by atoms with Gasteiger partial charge in [-0.1, -0.05) is 30.3 Å².